The normalized spacial score (nSPS) is 13.4. The van der Waals surface area contributed by atoms with E-state index in [9.17, 15) is 15.0 Å². The van der Waals surface area contributed by atoms with Gasteiger partial charge < -0.3 is 15.5 Å². The van der Waals surface area contributed by atoms with Crippen LogP contribution in [0.3, 0.4) is 0 Å². The van der Waals surface area contributed by atoms with Gasteiger partial charge in [-0.3, -0.25) is 4.79 Å². The van der Waals surface area contributed by atoms with Crippen molar-refractivity contribution in [3.8, 4) is 0 Å². The van der Waals surface area contributed by atoms with Crippen LogP contribution in [0.5, 0.6) is 0 Å². The Kier molecular flexibility index (Phi) is 48.8. The lowest BCUT2D eigenvalue weighted by atomic mass is 10.0. The number of allylic oxidation sites excluding steroid dienone is 9. The van der Waals surface area contributed by atoms with E-state index in [0.717, 1.165) is 44.9 Å². The number of amides is 1. The van der Waals surface area contributed by atoms with Crippen molar-refractivity contribution in [1.82, 2.24) is 5.32 Å². The first-order valence-electron chi connectivity index (χ1n) is 26.0. The molecule has 0 heterocycles. The minimum atomic E-state index is -0.875. The van der Waals surface area contributed by atoms with Crippen molar-refractivity contribution in [2.75, 3.05) is 6.61 Å². The van der Waals surface area contributed by atoms with Crippen LogP contribution in [0.25, 0.3) is 0 Å². The zero-order valence-corrected chi connectivity index (χ0v) is 39.5. The molecule has 0 spiro atoms. The summed E-state index contributed by atoms with van der Waals surface area (Å²) < 4.78 is 0. The first-order chi connectivity index (χ1) is 29.2. The van der Waals surface area contributed by atoms with Gasteiger partial charge in [0.05, 0.1) is 18.8 Å². The lowest BCUT2D eigenvalue weighted by Gasteiger charge is -2.19. The van der Waals surface area contributed by atoms with Crippen LogP contribution in [0.1, 0.15) is 264 Å². The Hall–Kier alpha value is -1.91. The summed E-state index contributed by atoms with van der Waals surface area (Å²) in [5.41, 5.74) is 0. The Morgan fingerprint density at radius 1 is 0.407 bits per heavy atom. The monoisotopic (exact) mass is 824 g/mol. The number of carbonyl (C=O) groups is 1. The highest BCUT2D eigenvalue weighted by atomic mass is 16.3. The van der Waals surface area contributed by atoms with E-state index >= 15 is 0 Å². The molecule has 0 aromatic carbocycles. The lowest BCUT2D eigenvalue weighted by Crippen LogP contribution is -2.45. The Labute approximate surface area is 368 Å². The van der Waals surface area contributed by atoms with Gasteiger partial charge in [0.2, 0.25) is 5.91 Å². The largest absolute Gasteiger partial charge is 0.394 e. The third-order valence-electron chi connectivity index (χ3n) is 11.7. The van der Waals surface area contributed by atoms with Gasteiger partial charge in [-0.2, -0.15) is 0 Å². The number of hydrogen-bond donors (Lipinski definition) is 3. The fourth-order valence-electron chi connectivity index (χ4n) is 7.71. The molecule has 0 rings (SSSR count). The fourth-order valence-corrected chi connectivity index (χ4v) is 7.71. The number of aliphatic hydroxyl groups is 2. The molecule has 4 heteroatoms. The molecule has 0 radical (unpaired) electrons. The number of carbonyl (C=O) groups excluding carboxylic acids is 1. The number of hydrogen-bond acceptors (Lipinski definition) is 3. The molecule has 2 atom stereocenters. The standard InChI is InChI=1S/C55H101NO3/c1-3-5-7-9-11-13-15-17-19-21-23-25-26-27-28-29-31-32-34-36-38-40-42-44-46-48-50-54(58)53(52-57)56-55(59)51-49-47-45-43-41-39-37-35-33-30-24-22-20-18-16-14-12-10-8-6-4-2/h16,18,22,24,32,34,40,42,48,50,53-54,57-58H,3-15,17,19-21,23,25-31,33,35-39,41,43-47,49,51-52H2,1-2H3,(H,56,59)/b18-16-,24-22-,34-32+,42-40+,50-48+. The Morgan fingerprint density at radius 3 is 1.08 bits per heavy atom. The van der Waals surface area contributed by atoms with Crippen LogP contribution in [-0.2, 0) is 4.79 Å². The molecular weight excluding hydrogens is 723 g/mol. The zero-order chi connectivity index (χ0) is 42.8. The van der Waals surface area contributed by atoms with E-state index in [2.05, 4.69) is 67.8 Å². The quantitative estimate of drug-likeness (QED) is 0.0423. The molecule has 0 aliphatic rings. The molecule has 344 valence electrons. The van der Waals surface area contributed by atoms with E-state index in [4.69, 9.17) is 0 Å². The second kappa shape index (κ2) is 50.4. The van der Waals surface area contributed by atoms with Crippen LogP contribution in [-0.4, -0.2) is 34.9 Å². The van der Waals surface area contributed by atoms with Crippen LogP contribution in [0.2, 0.25) is 0 Å². The van der Waals surface area contributed by atoms with Crippen LogP contribution < -0.4 is 5.32 Å². The molecule has 0 aromatic heterocycles. The predicted octanol–water partition coefficient (Wildman–Crippen LogP) is 16.9. The van der Waals surface area contributed by atoms with Crippen molar-refractivity contribution in [2.24, 2.45) is 0 Å². The van der Waals surface area contributed by atoms with Gasteiger partial charge in [0.1, 0.15) is 0 Å². The topological polar surface area (TPSA) is 69.6 Å². The maximum Gasteiger partial charge on any atom is 0.220 e. The van der Waals surface area contributed by atoms with Gasteiger partial charge in [-0.1, -0.05) is 242 Å². The van der Waals surface area contributed by atoms with Crippen molar-refractivity contribution in [3.63, 3.8) is 0 Å². The summed E-state index contributed by atoms with van der Waals surface area (Å²) in [6.07, 6.45) is 70.8. The van der Waals surface area contributed by atoms with Crippen molar-refractivity contribution in [1.29, 1.82) is 0 Å². The third-order valence-corrected chi connectivity index (χ3v) is 11.7. The number of aliphatic hydroxyl groups excluding tert-OH is 2. The molecular formula is C55H101NO3. The van der Waals surface area contributed by atoms with Crippen LogP contribution >= 0.6 is 0 Å². The highest BCUT2D eigenvalue weighted by Crippen LogP contribution is 2.15. The Morgan fingerprint density at radius 2 is 0.712 bits per heavy atom. The lowest BCUT2D eigenvalue weighted by molar-refractivity contribution is -0.123. The molecule has 0 aliphatic carbocycles. The van der Waals surface area contributed by atoms with Gasteiger partial charge in [0.25, 0.3) is 0 Å². The predicted molar refractivity (Wildman–Crippen MR) is 262 cm³/mol. The van der Waals surface area contributed by atoms with Crippen molar-refractivity contribution in [2.45, 2.75) is 276 Å². The summed E-state index contributed by atoms with van der Waals surface area (Å²) in [4.78, 5) is 12.4. The Bertz CT molecular complexity index is 981. The van der Waals surface area contributed by atoms with Gasteiger partial charge in [-0.05, 0) is 77.0 Å². The smallest absolute Gasteiger partial charge is 0.220 e. The zero-order valence-electron chi connectivity index (χ0n) is 39.5. The van der Waals surface area contributed by atoms with Crippen molar-refractivity contribution < 1.29 is 15.0 Å². The number of unbranched alkanes of at least 4 members (excludes halogenated alkanes) is 32. The fraction of sp³-hybridized carbons (Fsp3) is 0.800. The Balaban J connectivity index is 3.60. The van der Waals surface area contributed by atoms with Crippen LogP contribution in [0, 0.1) is 0 Å². The highest BCUT2D eigenvalue weighted by molar-refractivity contribution is 5.76. The van der Waals surface area contributed by atoms with Crippen LogP contribution in [0.4, 0.5) is 0 Å². The van der Waals surface area contributed by atoms with E-state index in [1.165, 1.54) is 199 Å². The maximum atomic E-state index is 12.4. The second-order valence-corrected chi connectivity index (χ2v) is 17.6. The molecule has 0 saturated carbocycles. The molecule has 1 amide bonds. The summed E-state index contributed by atoms with van der Waals surface area (Å²) in [5, 5.41) is 23.1. The molecule has 0 aliphatic heterocycles. The van der Waals surface area contributed by atoms with Gasteiger partial charge in [0, 0.05) is 6.42 Å². The molecule has 0 saturated heterocycles. The molecule has 0 bridgehead atoms. The van der Waals surface area contributed by atoms with E-state index in [0.29, 0.717) is 6.42 Å². The van der Waals surface area contributed by atoms with Gasteiger partial charge in [0.15, 0.2) is 0 Å². The first kappa shape index (κ1) is 57.1. The summed E-state index contributed by atoms with van der Waals surface area (Å²) in [7, 11) is 0. The molecule has 0 fully saturated rings. The van der Waals surface area contributed by atoms with Crippen molar-refractivity contribution >= 4 is 5.91 Å². The van der Waals surface area contributed by atoms with Gasteiger partial charge in [-0.15, -0.1) is 0 Å². The summed E-state index contributed by atoms with van der Waals surface area (Å²) >= 11 is 0. The summed E-state index contributed by atoms with van der Waals surface area (Å²) in [6.45, 7) is 4.30. The highest BCUT2D eigenvalue weighted by Gasteiger charge is 2.17. The minimum absolute atomic E-state index is 0.0821. The maximum absolute atomic E-state index is 12.4. The molecule has 4 nitrogen and oxygen atoms in total. The van der Waals surface area contributed by atoms with E-state index in [-0.39, 0.29) is 12.5 Å². The molecule has 2 unspecified atom stereocenters. The number of nitrogens with one attached hydrogen (secondary N) is 1. The minimum Gasteiger partial charge on any atom is -0.394 e. The summed E-state index contributed by atoms with van der Waals surface area (Å²) in [6, 6.07) is -0.650. The molecule has 0 aromatic rings. The number of rotatable bonds is 47. The first-order valence-corrected chi connectivity index (χ1v) is 26.0. The van der Waals surface area contributed by atoms with Crippen molar-refractivity contribution in [3.05, 3.63) is 60.8 Å². The van der Waals surface area contributed by atoms with E-state index in [1.807, 2.05) is 6.08 Å². The molecule has 3 N–H and O–H groups in total. The van der Waals surface area contributed by atoms with Gasteiger partial charge in [-0.25, -0.2) is 0 Å². The van der Waals surface area contributed by atoms with Crippen LogP contribution in [0.15, 0.2) is 60.8 Å². The molecule has 59 heavy (non-hydrogen) atoms. The average molecular weight is 824 g/mol. The second-order valence-electron chi connectivity index (χ2n) is 17.6. The van der Waals surface area contributed by atoms with Gasteiger partial charge >= 0.3 is 0 Å². The average Bonchev–Trinajstić information content (AvgIpc) is 3.24. The van der Waals surface area contributed by atoms with E-state index < -0.39 is 12.1 Å². The third kappa shape index (κ3) is 47.0. The van der Waals surface area contributed by atoms with E-state index in [1.54, 1.807) is 6.08 Å². The summed E-state index contributed by atoms with van der Waals surface area (Å²) in [5.74, 6) is -0.0821. The SMILES string of the molecule is CCCCCCC/C=C\C/C=C\CCCCCCCCCCCC(=O)NC(CO)C(O)/C=C/CC/C=C/CC/C=C/CCCCCCCCCCCCCCCCCC.